The Morgan fingerprint density at radius 3 is 2.59 bits per heavy atom. The van der Waals surface area contributed by atoms with E-state index in [-0.39, 0.29) is 12.2 Å². The molecule has 2 aromatic heterocycles. The molecule has 0 aliphatic carbocycles. The molecule has 6 nitrogen and oxygen atoms in total. The fourth-order valence-electron chi connectivity index (χ4n) is 5.22. The van der Waals surface area contributed by atoms with Crippen molar-refractivity contribution in [2.24, 2.45) is 4.99 Å². The van der Waals surface area contributed by atoms with Crippen molar-refractivity contribution in [3.05, 3.63) is 136 Å². The zero-order chi connectivity index (χ0) is 28.7. The van der Waals surface area contributed by atoms with Crippen LogP contribution < -0.4 is 14.9 Å². The van der Waals surface area contributed by atoms with Gasteiger partial charge in [-0.2, -0.15) is 0 Å². The van der Waals surface area contributed by atoms with E-state index in [0.29, 0.717) is 32.2 Å². The lowest BCUT2D eigenvalue weighted by atomic mass is 9.96. The lowest BCUT2D eigenvalue weighted by molar-refractivity contribution is -0.139. The minimum Gasteiger partial charge on any atom is -0.463 e. The highest BCUT2D eigenvalue weighted by Crippen LogP contribution is 2.31. The lowest BCUT2D eigenvalue weighted by Crippen LogP contribution is -2.39. The molecule has 0 bridgehead atoms. The summed E-state index contributed by atoms with van der Waals surface area (Å²) < 4.78 is 10.6. The third-order valence-corrected chi connectivity index (χ3v) is 8.99. The van der Waals surface area contributed by atoms with E-state index in [1.807, 2.05) is 72.9 Å². The quantitative estimate of drug-likeness (QED) is 0.206. The van der Waals surface area contributed by atoms with Crippen molar-refractivity contribution in [3.8, 4) is 0 Å². The Bertz CT molecular complexity index is 2020. The molecule has 206 valence electrons. The van der Waals surface area contributed by atoms with Crippen molar-refractivity contribution in [1.29, 1.82) is 0 Å². The molecule has 41 heavy (non-hydrogen) atoms. The summed E-state index contributed by atoms with van der Waals surface area (Å²) in [6.07, 6.45) is 3.96. The van der Waals surface area contributed by atoms with Crippen LogP contribution in [0.5, 0.6) is 0 Å². The number of thiazole rings is 1. The van der Waals surface area contributed by atoms with Crippen molar-refractivity contribution in [2.45, 2.75) is 26.4 Å². The van der Waals surface area contributed by atoms with Gasteiger partial charge in [-0.05, 0) is 55.3 Å². The molecule has 0 saturated heterocycles. The minimum absolute atomic E-state index is 0.209. The molecule has 0 spiro atoms. The molecule has 6 rings (SSSR count). The van der Waals surface area contributed by atoms with Gasteiger partial charge in [0.25, 0.3) is 5.56 Å². The Hall–Kier alpha value is -3.72. The summed E-state index contributed by atoms with van der Waals surface area (Å²) in [6, 6.07) is 22.9. The van der Waals surface area contributed by atoms with Gasteiger partial charge >= 0.3 is 5.97 Å². The van der Waals surface area contributed by atoms with Gasteiger partial charge in [0.2, 0.25) is 0 Å². The Morgan fingerprint density at radius 1 is 1.10 bits per heavy atom. The molecule has 0 N–H and O–H groups in total. The predicted octanol–water partition coefficient (Wildman–Crippen LogP) is 6.22. The first-order valence-corrected chi connectivity index (χ1v) is 15.1. The van der Waals surface area contributed by atoms with Gasteiger partial charge in [0.05, 0.1) is 28.5 Å². The first kappa shape index (κ1) is 27.4. The highest BCUT2D eigenvalue weighted by molar-refractivity contribution is 9.10. The average Bonchev–Trinajstić information content (AvgIpc) is 3.46. The third-order valence-electron chi connectivity index (χ3n) is 7.11. The number of hydrogen-bond donors (Lipinski definition) is 0. The predicted molar refractivity (Wildman–Crippen MR) is 167 cm³/mol. The number of aromatic nitrogens is 2. The first-order valence-electron chi connectivity index (χ1n) is 13.1. The zero-order valence-electron chi connectivity index (χ0n) is 22.3. The number of halogens is 2. The van der Waals surface area contributed by atoms with E-state index in [1.54, 1.807) is 18.4 Å². The highest BCUT2D eigenvalue weighted by Gasteiger charge is 2.33. The number of para-hydroxylation sites is 1. The molecule has 0 unspecified atom stereocenters. The number of carbonyl (C=O) groups excluding carboxylic acids is 1. The maximum Gasteiger partial charge on any atom is 0.338 e. The van der Waals surface area contributed by atoms with Crippen LogP contribution in [0.3, 0.4) is 0 Å². The second-order valence-electron chi connectivity index (χ2n) is 9.67. The number of rotatable bonds is 6. The molecule has 3 heterocycles. The summed E-state index contributed by atoms with van der Waals surface area (Å²) in [4.78, 5) is 32.4. The van der Waals surface area contributed by atoms with Crippen LogP contribution in [0.1, 0.15) is 36.6 Å². The molecule has 1 aliphatic heterocycles. The van der Waals surface area contributed by atoms with Crippen LogP contribution in [0.4, 0.5) is 0 Å². The van der Waals surface area contributed by atoms with Gasteiger partial charge in [-0.25, -0.2) is 9.79 Å². The summed E-state index contributed by atoms with van der Waals surface area (Å²) >= 11 is 11.3. The summed E-state index contributed by atoms with van der Waals surface area (Å²) in [5, 5.41) is 1.74. The molecular weight excluding hydrogens is 622 g/mol. The van der Waals surface area contributed by atoms with Crippen LogP contribution in [0, 0.1) is 0 Å². The zero-order valence-corrected chi connectivity index (χ0v) is 25.5. The Labute approximate surface area is 253 Å². The SMILES string of the molecule is CCOC(=O)C1=C(C)N=c2s/c(=C\c3cn(Cc4ccccc4Cl)c4ccccc34)c(=O)n2[C@@H]1c1ccc(Br)cc1. The topological polar surface area (TPSA) is 65.6 Å². The number of ether oxygens (including phenoxy) is 1. The van der Waals surface area contributed by atoms with Crippen LogP contribution in [0.15, 0.2) is 105 Å². The number of allylic oxidation sites excluding steroid dienone is 1. The van der Waals surface area contributed by atoms with E-state index in [9.17, 15) is 9.59 Å². The van der Waals surface area contributed by atoms with Crippen LogP contribution in [0.25, 0.3) is 17.0 Å². The standard InChI is InChI=1S/C32H25BrClN3O3S/c1-3-40-31(39)28-19(2)35-32-37(29(28)20-12-14-23(33)15-13-20)30(38)27(41-32)16-22-18-36(26-11-7-5-9-24(22)26)17-21-8-4-6-10-25(21)34/h4-16,18,29H,3,17H2,1-2H3/b27-16-/t29-/m1/s1. The van der Waals surface area contributed by atoms with Crippen LogP contribution in [0.2, 0.25) is 5.02 Å². The average molecular weight is 647 g/mol. The molecule has 3 aromatic carbocycles. The first-order chi connectivity index (χ1) is 19.9. The van der Waals surface area contributed by atoms with E-state index in [4.69, 9.17) is 21.3 Å². The lowest BCUT2D eigenvalue weighted by Gasteiger charge is -2.24. The Kier molecular flexibility index (Phi) is 7.55. The molecule has 9 heteroatoms. The third kappa shape index (κ3) is 5.12. The maximum atomic E-state index is 14.1. The largest absolute Gasteiger partial charge is 0.463 e. The molecule has 0 saturated carbocycles. The summed E-state index contributed by atoms with van der Waals surface area (Å²) in [6.45, 7) is 4.38. The van der Waals surface area contributed by atoms with Crippen LogP contribution in [-0.4, -0.2) is 21.7 Å². The number of fused-ring (bicyclic) bond motifs is 2. The van der Waals surface area contributed by atoms with Gasteiger partial charge < -0.3 is 9.30 Å². The van der Waals surface area contributed by atoms with Crippen molar-refractivity contribution < 1.29 is 9.53 Å². The molecule has 5 aromatic rings. The molecule has 1 atom stereocenters. The van der Waals surface area contributed by atoms with Crippen molar-refractivity contribution >= 4 is 61.8 Å². The molecule has 0 radical (unpaired) electrons. The van der Waals surface area contributed by atoms with Gasteiger partial charge in [0, 0.05) is 38.7 Å². The van der Waals surface area contributed by atoms with Crippen molar-refractivity contribution in [3.63, 3.8) is 0 Å². The molecular formula is C32H25BrClN3O3S. The maximum absolute atomic E-state index is 14.1. The van der Waals surface area contributed by atoms with Gasteiger partial charge in [-0.3, -0.25) is 9.36 Å². The summed E-state index contributed by atoms with van der Waals surface area (Å²) in [5.74, 6) is -0.474. The van der Waals surface area contributed by atoms with E-state index >= 15 is 0 Å². The van der Waals surface area contributed by atoms with Gasteiger partial charge in [0.15, 0.2) is 4.80 Å². The fourth-order valence-corrected chi connectivity index (χ4v) is 6.72. The second-order valence-corrected chi connectivity index (χ2v) is 12.0. The highest BCUT2D eigenvalue weighted by atomic mass is 79.9. The number of carbonyl (C=O) groups is 1. The van der Waals surface area contributed by atoms with Crippen molar-refractivity contribution in [2.75, 3.05) is 6.61 Å². The Morgan fingerprint density at radius 2 is 1.83 bits per heavy atom. The molecule has 1 aliphatic rings. The fraction of sp³-hybridized carbons (Fsp3) is 0.156. The van der Waals surface area contributed by atoms with Gasteiger partial charge in [0.1, 0.15) is 0 Å². The molecule has 0 amide bonds. The van der Waals surface area contributed by atoms with Crippen molar-refractivity contribution in [1.82, 2.24) is 9.13 Å². The van der Waals surface area contributed by atoms with E-state index in [0.717, 1.165) is 32.1 Å². The number of benzene rings is 3. The summed E-state index contributed by atoms with van der Waals surface area (Å²) in [7, 11) is 0. The van der Waals surface area contributed by atoms with Gasteiger partial charge in [-0.1, -0.05) is 87.4 Å². The summed E-state index contributed by atoms with van der Waals surface area (Å²) in [5.41, 5.74) is 4.47. The second kappa shape index (κ2) is 11.3. The van der Waals surface area contributed by atoms with E-state index in [1.165, 1.54) is 11.3 Å². The van der Waals surface area contributed by atoms with Crippen LogP contribution in [-0.2, 0) is 16.1 Å². The number of hydrogen-bond acceptors (Lipinski definition) is 5. The monoisotopic (exact) mass is 645 g/mol. The minimum atomic E-state index is -0.651. The van der Waals surface area contributed by atoms with E-state index < -0.39 is 12.0 Å². The normalized spacial score (nSPS) is 15.2. The Balaban J connectivity index is 1.52. The molecule has 0 fully saturated rings. The number of esters is 1. The van der Waals surface area contributed by atoms with E-state index in [2.05, 4.69) is 32.6 Å². The smallest absolute Gasteiger partial charge is 0.338 e. The number of nitrogens with zero attached hydrogens (tertiary/aromatic N) is 3. The van der Waals surface area contributed by atoms with Gasteiger partial charge in [-0.15, -0.1) is 0 Å². The van der Waals surface area contributed by atoms with Crippen LogP contribution >= 0.6 is 38.9 Å².